The monoisotopic (exact) mass is 270 g/mol. The molecule has 0 heterocycles. The van der Waals surface area contributed by atoms with Crippen LogP contribution in [0.4, 0.5) is 5.69 Å². The summed E-state index contributed by atoms with van der Waals surface area (Å²) in [6.07, 6.45) is 1.11. The summed E-state index contributed by atoms with van der Waals surface area (Å²) < 4.78 is 23.2. The molecule has 0 atom stereocenters. The van der Waals surface area contributed by atoms with Crippen molar-refractivity contribution in [2.24, 2.45) is 0 Å². The molecule has 6 heteroatoms. The van der Waals surface area contributed by atoms with Crippen molar-refractivity contribution < 1.29 is 13.2 Å². The van der Waals surface area contributed by atoms with Crippen molar-refractivity contribution in [1.82, 2.24) is 5.32 Å². The lowest BCUT2D eigenvalue weighted by molar-refractivity contribution is -0.121. The van der Waals surface area contributed by atoms with Crippen molar-refractivity contribution >= 4 is 21.4 Å². The van der Waals surface area contributed by atoms with E-state index >= 15 is 0 Å². The molecule has 1 amide bonds. The Labute approximate surface area is 108 Å². The average Bonchev–Trinajstić information content (AvgIpc) is 2.28. The van der Waals surface area contributed by atoms with Crippen LogP contribution in [-0.2, 0) is 14.6 Å². The Hall–Kier alpha value is -1.40. The van der Waals surface area contributed by atoms with Gasteiger partial charge in [0.05, 0.1) is 16.1 Å². The first-order valence-electron chi connectivity index (χ1n) is 5.48. The first kappa shape index (κ1) is 14.7. The predicted octanol–water partition coefficient (Wildman–Crippen LogP) is 1.03. The molecule has 2 N–H and O–H groups in total. The van der Waals surface area contributed by atoms with Gasteiger partial charge in [-0.15, -0.1) is 0 Å². The Kier molecular flexibility index (Phi) is 4.13. The van der Waals surface area contributed by atoms with E-state index < -0.39 is 15.4 Å². The third kappa shape index (κ3) is 3.30. The fourth-order valence-corrected chi connectivity index (χ4v) is 2.13. The maximum Gasteiger partial charge on any atom is 0.244 e. The zero-order valence-corrected chi connectivity index (χ0v) is 11.8. The summed E-state index contributed by atoms with van der Waals surface area (Å²) in [5, 5.41) is 5.49. The van der Waals surface area contributed by atoms with Gasteiger partial charge in [0.2, 0.25) is 5.91 Å². The Morgan fingerprint density at radius 2 is 1.78 bits per heavy atom. The number of nitrogens with one attached hydrogen (secondary N) is 2. The van der Waals surface area contributed by atoms with Crippen LogP contribution < -0.4 is 10.6 Å². The van der Waals surface area contributed by atoms with E-state index in [4.69, 9.17) is 0 Å². The molecule has 1 aromatic rings. The van der Waals surface area contributed by atoms with Gasteiger partial charge in [0.15, 0.2) is 9.84 Å². The van der Waals surface area contributed by atoms with E-state index in [1.165, 1.54) is 6.07 Å². The third-order valence-corrected chi connectivity index (χ3v) is 3.88. The Bertz CT molecular complexity index is 550. The smallest absolute Gasteiger partial charge is 0.244 e. The summed E-state index contributed by atoms with van der Waals surface area (Å²) in [6.45, 7) is 3.43. The largest absolute Gasteiger partial charge is 0.323 e. The fourth-order valence-electron chi connectivity index (χ4n) is 1.29. The second-order valence-corrected chi connectivity index (χ2v) is 6.58. The van der Waals surface area contributed by atoms with Crippen LogP contribution >= 0.6 is 0 Å². The summed E-state index contributed by atoms with van der Waals surface area (Å²) in [4.78, 5) is 12.1. The van der Waals surface area contributed by atoms with Crippen LogP contribution in [0.15, 0.2) is 29.2 Å². The van der Waals surface area contributed by atoms with Gasteiger partial charge in [-0.2, -0.15) is 0 Å². The number of anilines is 1. The zero-order valence-electron chi connectivity index (χ0n) is 10.9. The summed E-state index contributed by atoms with van der Waals surface area (Å²) in [7, 11) is -1.70. The topological polar surface area (TPSA) is 75.3 Å². The third-order valence-electron chi connectivity index (χ3n) is 2.73. The van der Waals surface area contributed by atoms with Crippen molar-refractivity contribution in [2.75, 3.05) is 18.6 Å². The van der Waals surface area contributed by atoms with Gasteiger partial charge in [0, 0.05) is 6.26 Å². The highest BCUT2D eigenvalue weighted by atomic mass is 32.2. The molecular formula is C12H18N2O3S. The van der Waals surface area contributed by atoms with Gasteiger partial charge in [0.1, 0.15) is 0 Å². The number of rotatable bonds is 4. The van der Waals surface area contributed by atoms with Crippen LogP contribution in [0.3, 0.4) is 0 Å². The summed E-state index contributed by atoms with van der Waals surface area (Å²) in [5.41, 5.74) is -0.474. The number of para-hydroxylation sites is 1. The Morgan fingerprint density at radius 1 is 1.22 bits per heavy atom. The van der Waals surface area contributed by atoms with Gasteiger partial charge in [-0.3, -0.25) is 4.79 Å². The molecule has 0 aliphatic heterocycles. The normalized spacial score (nSPS) is 12.2. The van der Waals surface area contributed by atoms with E-state index in [-0.39, 0.29) is 10.8 Å². The molecule has 1 aromatic carbocycles. The van der Waals surface area contributed by atoms with Crippen LogP contribution in [0.5, 0.6) is 0 Å². The molecular weight excluding hydrogens is 252 g/mol. The molecule has 0 saturated carbocycles. The molecule has 18 heavy (non-hydrogen) atoms. The number of likely N-dealkylation sites (N-methyl/N-ethyl adjacent to an activating group) is 1. The van der Waals surface area contributed by atoms with Crippen molar-refractivity contribution in [2.45, 2.75) is 24.3 Å². The lowest BCUT2D eigenvalue weighted by atomic mass is 10.1. The fraction of sp³-hybridized carbons (Fsp3) is 0.417. The maximum absolute atomic E-state index is 12.0. The average molecular weight is 270 g/mol. The minimum absolute atomic E-state index is 0.116. The summed E-state index contributed by atoms with van der Waals surface area (Å²) in [5.74, 6) is -0.291. The van der Waals surface area contributed by atoms with Crippen molar-refractivity contribution in [3.8, 4) is 0 Å². The molecule has 0 aliphatic carbocycles. The van der Waals surface area contributed by atoms with Gasteiger partial charge in [-0.05, 0) is 33.0 Å². The maximum atomic E-state index is 12.0. The van der Waals surface area contributed by atoms with E-state index in [2.05, 4.69) is 10.6 Å². The van der Waals surface area contributed by atoms with Crippen LogP contribution in [0.25, 0.3) is 0 Å². The second-order valence-electron chi connectivity index (χ2n) is 4.60. The number of hydrogen-bond donors (Lipinski definition) is 2. The van der Waals surface area contributed by atoms with Crippen LogP contribution in [0, 0.1) is 0 Å². The lowest BCUT2D eigenvalue weighted by Gasteiger charge is -2.23. The molecule has 0 fully saturated rings. The summed E-state index contributed by atoms with van der Waals surface area (Å²) in [6, 6.07) is 6.34. The van der Waals surface area contributed by atoms with Gasteiger partial charge in [0.25, 0.3) is 0 Å². The molecule has 0 aliphatic rings. The van der Waals surface area contributed by atoms with Crippen LogP contribution in [0.2, 0.25) is 0 Å². The summed E-state index contributed by atoms with van der Waals surface area (Å²) >= 11 is 0. The van der Waals surface area contributed by atoms with Crippen LogP contribution in [0.1, 0.15) is 13.8 Å². The van der Waals surface area contributed by atoms with E-state index in [0.717, 1.165) is 6.26 Å². The number of hydrogen-bond acceptors (Lipinski definition) is 4. The van der Waals surface area contributed by atoms with Crippen molar-refractivity contribution in [1.29, 1.82) is 0 Å². The van der Waals surface area contributed by atoms with Crippen LogP contribution in [-0.4, -0.2) is 33.2 Å². The second kappa shape index (κ2) is 5.07. The number of carbonyl (C=O) groups excluding carboxylic acids is 1. The molecule has 100 valence electrons. The molecule has 0 saturated heterocycles. The first-order chi connectivity index (χ1) is 8.18. The highest BCUT2D eigenvalue weighted by Crippen LogP contribution is 2.21. The van der Waals surface area contributed by atoms with Crippen molar-refractivity contribution in [3.05, 3.63) is 24.3 Å². The van der Waals surface area contributed by atoms with Crippen molar-refractivity contribution in [3.63, 3.8) is 0 Å². The molecule has 1 rings (SSSR count). The lowest BCUT2D eigenvalue weighted by Crippen LogP contribution is -2.48. The Balaban J connectivity index is 3.11. The van der Waals surface area contributed by atoms with E-state index in [1.807, 2.05) is 0 Å². The van der Waals surface area contributed by atoms with Gasteiger partial charge < -0.3 is 10.6 Å². The van der Waals surface area contributed by atoms with E-state index in [0.29, 0.717) is 5.69 Å². The van der Waals surface area contributed by atoms with E-state index in [1.54, 1.807) is 39.1 Å². The van der Waals surface area contributed by atoms with Gasteiger partial charge in [-0.25, -0.2) is 8.42 Å². The number of benzene rings is 1. The molecule has 0 spiro atoms. The molecule has 0 radical (unpaired) electrons. The number of sulfone groups is 1. The zero-order chi connectivity index (χ0) is 14.0. The van der Waals surface area contributed by atoms with Gasteiger partial charge in [-0.1, -0.05) is 12.1 Å². The predicted molar refractivity (Wildman–Crippen MR) is 71.3 cm³/mol. The molecule has 5 nitrogen and oxygen atoms in total. The quantitative estimate of drug-likeness (QED) is 0.856. The standard InChI is InChI=1S/C12H18N2O3S/c1-12(2,13-3)11(15)14-9-7-5-6-8-10(9)18(4,16)17/h5-8,13H,1-4H3,(H,14,15). The first-order valence-corrected chi connectivity index (χ1v) is 7.37. The van der Waals surface area contributed by atoms with E-state index in [9.17, 15) is 13.2 Å². The number of amides is 1. The SMILES string of the molecule is CNC(C)(C)C(=O)Nc1ccccc1S(C)(=O)=O. The van der Waals surface area contributed by atoms with Gasteiger partial charge >= 0.3 is 0 Å². The number of carbonyl (C=O) groups is 1. The Morgan fingerprint density at radius 3 is 2.28 bits per heavy atom. The molecule has 0 bridgehead atoms. The minimum Gasteiger partial charge on any atom is -0.323 e. The highest BCUT2D eigenvalue weighted by molar-refractivity contribution is 7.90. The molecule has 0 aromatic heterocycles. The minimum atomic E-state index is -3.37. The molecule has 0 unspecified atom stereocenters. The highest BCUT2D eigenvalue weighted by Gasteiger charge is 2.26.